The maximum Gasteiger partial charge on any atom is 0.227 e. The number of nitrogen functional groups attached to an aromatic ring is 1. The highest BCUT2D eigenvalue weighted by Gasteiger charge is 2.09. The van der Waals surface area contributed by atoms with Gasteiger partial charge in [-0.05, 0) is 41.8 Å². The predicted molar refractivity (Wildman–Crippen MR) is 84.2 cm³/mol. The molecule has 3 rings (SSSR count). The van der Waals surface area contributed by atoms with E-state index in [1.165, 1.54) is 0 Å². The first-order valence-corrected chi connectivity index (χ1v) is 6.71. The fourth-order valence-electron chi connectivity index (χ4n) is 2.04. The quantitative estimate of drug-likeness (QED) is 0.734. The van der Waals surface area contributed by atoms with E-state index in [4.69, 9.17) is 26.8 Å². The van der Waals surface area contributed by atoms with Crippen LogP contribution in [-0.2, 0) is 0 Å². The number of hydrogen-bond donors (Lipinski definition) is 1. The van der Waals surface area contributed by atoms with Crippen molar-refractivity contribution < 1.29 is 9.47 Å². The molecule has 0 aliphatic heterocycles. The molecule has 0 unspecified atom stereocenters. The molecule has 1 aromatic heterocycles. The van der Waals surface area contributed by atoms with Crippen molar-refractivity contribution >= 4 is 28.1 Å². The first-order chi connectivity index (χ1) is 10.2. The number of fused-ring (bicyclic) bond motifs is 1. The van der Waals surface area contributed by atoms with Crippen LogP contribution in [0, 0.1) is 0 Å². The zero-order chi connectivity index (χ0) is 14.8. The largest absolute Gasteiger partial charge is 0.497 e. The van der Waals surface area contributed by atoms with Gasteiger partial charge in [0.05, 0.1) is 12.8 Å². The van der Waals surface area contributed by atoms with Gasteiger partial charge in [-0.25, -0.2) is 4.98 Å². The molecule has 21 heavy (non-hydrogen) atoms. The number of pyridine rings is 1. The Kier molecular flexibility index (Phi) is 3.54. The van der Waals surface area contributed by atoms with Crippen LogP contribution < -0.4 is 15.2 Å². The van der Waals surface area contributed by atoms with Crippen LogP contribution in [0.15, 0.2) is 48.7 Å². The van der Waals surface area contributed by atoms with Crippen molar-refractivity contribution in [1.29, 1.82) is 0 Å². The first-order valence-electron chi connectivity index (χ1n) is 6.33. The number of anilines is 1. The summed E-state index contributed by atoms with van der Waals surface area (Å²) in [5.41, 5.74) is 6.40. The Morgan fingerprint density at radius 2 is 1.95 bits per heavy atom. The lowest BCUT2D eigenvalue weighted by molar-refractivity contribution is 0.415. The number of nitrogens with two attached hydrogens (primary N) is 1. The first kappa shape index (κ1) is 13.5. The summed E-state index contributed by atoms with van der Waals surface area (Å²) in [6.07, 6.45) is 1.68. The van der Waals surface area contributed by atoms with E-state index in [-0.39, 0.29) is 0 Å². The van der Waals surface area contributed by atoms with E-state index in [1.54, 1.807) is 31.5 Å². The molecule has 0 aliphatic carbocycles. The molecule has 0 saturated heterocycles. The summed E-state index contributed by atoms with van der Waals surface area (Å²) in [4.78, 5) is 4.27. The third kappa shape index (κ3) is 2.71. The number of benzene rings is 2. The van der Waals surface area contributed by atoms with Gasteiger partial charge in [-0.2, -0.15) is 0 Å². The van der Waals surface area contributed by atoms with Crippen molar-refractivity contribution in [3.63, 3.8) is 0 Å². The van der Waals surface area contributed by atoms with E-state index < -0.39 is 0 Å². The van der Waals surface area contributed by atoms with Gasteiger partial charge >= 0.3 is 0 Å². The zero-order valence-electron chi connectivity index (χ0n) is 11.3. The minimum atomic E-state index is 0.476. The summed E-state index contributed by atoms with van der Waals surface area (Å²) in [5, 5.41) is 2.40. The summed E-state index contributed by atoms with van der Waals surface area (Å²) in [6.45, 7) is 0. The number of halogens is 1. The van der Waals surface area contributed by atoms with E-state index in [2.05, 4.69) is 4.98 Å². The van der Waals surface area contributed by atoms with Gasteiger partial charge in [0.1, 0.15) is 5.75 Å². The van der Waals surface area contributed by atoms with E-state index in [0.29, 0.717) is 22.3 Å². The van der Waals surface area contributed by atoms with Crippen molar-refractivity contribution in [2.24, 2.45) is 0 Å². The van der Waals surface area contributed by atoms with E-state index in [1.807, 2.05) is 24.3 Å². The summed E-state index contributed by atoms with van der Waals surface area (Å²) >= 11 is 5.97. The minimum absolute atomic E-state index is 0.476. The average Bonchev–Trinajstić information content (AvgIpc) is 2.50. The van der Waals surface area contributed by atoms with Crippen LogP contribution >= 0.6 is 11.6 Å². The lowest BCUT2D eigenvalue weighted by atomic mass is 10.1. The Bertz CT molecular complexity index is 805. The zero-order valence-corrected chi connectivity index (χ0v) is 12.1. The third-order valence-corrected chi connectivity index (χ3v) is 3.35. The van der Waals surface area contributed by atoms with Crippen LogP contribution in [-0.4, -0.2) is 12.1 Å². The molecule has 0 aliphatic rings. The highest BCUT2D eigenvalue weighted by Crippen LogP contribution is 2.33. The molecule has 0 spiro atoms. The smallest absolute Gasteiger partial charge is 0.227 e. The molecule has 106 valence electrons. The number of aromatic nitrogens is 1. The van der Waals surface area contributed by atoms with Crippen LogP contribution in [0.3, 0.4) is 0 Å². The molecule has 3 aromatic rings. The van der Waals surface area contributed by atoms with Gasteiger partial charge in [0.2, 0.25) is 5.88 Å². The summed E-state index contributed by atoms with van der Waals surface area (Å²) in [5.74, 6) is 1.74. The van der Waals surface area contributed by atoms with Crippen molar-refractivity contribution in [1.82, 2.24) is 4.98 Å². The van der Waals surface area contributed by atoms with Gasteiger partial charge in [-0.15, -0.1) is 0 Å². The van der Waals surface area contributed by atoms with Crippen LogP contribution in [0.5, 0.6) is 17.4 Å². The van der Waals surface area contributed by atoms with Crippen molar-refractivity contribution in [3.8, 4) is 17.4 Å². The Hall–Kier alpha value is -2.46. The van der Waals surface area contributed by atoms with E-state index in [9.17, 15) is 0 Å². The molecule has 0 radical (unpaired) electrons. The van der Waals surface area contributed by atoms with Crippen LogP contribution in [0.25, 0.3) is 10.8 Å². The molecule has 0 bridgehead atoms. The Morgan fingerprint density at radius 1 is 1.10 bits per heavy atom. The second-order valence-electron chi connectivity index (χ2n) is 4.49. The summed E-state index contributed by atoms with van der Waals surface area (Å²) < 4.78 is 11.0. The normalized spacial score (nSPS) is 10.6. The van der Waals surface area contributed by atoms with Gasteiger partial charge in [-0.3, -0.25) is 0 Å². The molecule has 2 N–H and O–H groups in total. The second-order valence-corrected chi connectivity index (χ2v) is 4.92. The standard InChI is InChI=1S/C16H13ClN2O2/c1-20-12-3-4-13-10(8-12)6-7-19-16(13)21-15-9-11(17)2-5-14(15)18/h2-9H,18H2,1H3. The third-order valence-electron chi connectivity index (χ3n) is 3.12. The topological polar surface area (TPSA) is 57.4 Å². The number of methoxy groups -OCH3 is 1. The molecular formula is C16H13ClN2O2. The number of ether oxygens (including phenoxy) is 2. The Labute approximate surface area is 127 Å². The lowest BCUT2D eigenvalue weighted by Crippen LogP contribution is -1.94. The number of rotatable bonds is 3. The van der Waals surface area contributed by atoms with Crippen molar-refractivity contribution in [2.75, 3.05) is 12.8 Å². The molecule has 0 fully saturated rings. The maximum absolute atomic E-state index is 5.97. The minimum Gasteiger partial charge on any atom is -0.497 e. The highest BCUT2D eigenvalue weighted by atomic mass is 35.5. The van der Waals surface area contributed by atoms with Crippen LogP contribution in [0.1, 0.15) is 0 Å². The van der Waals surface area contributed by atoms with Gasteiger partial charge in [0, 0.05) is 22.7 Å². The molecule has 0 amide bonds. The maximum atomic E-state index is 5.97. The van der Waals surface area contributed by atoms with Gasteiger partial charge in [0.15, 0.2) is 5.75 Å². The Morgan fingerprint density at radius 3 is 2.76 bits per heavy atom. The van der Waals surface area contributed by atoms with Gasteiger partial charge in [0.25, 0.3) is 0 Å². The summed E-state index contributed by atoms with van der Waals surface area (Å²) in [6, 6.07) is 12.7. The second kappa shape index (κ2) is 5.50. The average molecular weight is 301 g/mol. The predicted octanol–water partition coefficient (Wildman–Crippen LogP) is 4.27. The number of nitrogens with zero attached hydrogens (tertiary/aromatic N) is 1. The molecule has 5 heteroatoms. The van der Waals surface area contributed by atoms with E-state index >= 15 is 0 Å². The molecule has 0 saturated carbocycles. The lowest BCUT2D eigenvalue weighted by Gasteiger charge is -2.10. The fourth-order valence-corrected chi connectivity index (χ4v) is 2.20. The molecule has 4 nitrogen and oxygen atoms in total. The molecule has 2 aromatic carbocycles. The molecular weight excluding hydrogens is 288 g/mol. The van der Waals surface area contributed by atoms with E-state index in [0.717, 1.165) is 16.5 Å². The van der Waals surface area contributed by atoms with Gasteiger partial charge < -0.3 is 15.2 Å². The van der Waals surface area contributed by atoms with Crippen molar-refractivity contribution in [3.05, 3.63) is 53.7 Å². The van der Waals surface area contributed by atoms with Gasteiger partial charge in [-0.1, -0.05) is 11.6 Å². The van der Waals surface area contributed by atoms with Crippen LogP contribution in [0.2, 0.25) is 5.02 Å². The Balaban J connectivity index is 2.06. The van der Waals surface area contributed by atoms with Crippen molar-refractivity contribution in [2.45, 2.75) is 0 Å². The van der Waals surface area contributed by atoms with Crippen LogP contribution in [0.4, 0.5) is 5.69 Å². The fraction of sp³-hybridized carbons (Fsp3) is 0.0625. The summed E-state index contributed by atoms with van der Waals surface area (Å²) in [7, 11) is 1.63. The SMILES string of the molecule is COc1ccc2c(Oc3cc(Cl)ccc3N)nccc2c1. The monoisotopic (exact) mass is 300 g/mol. The highest BCUT2D eigenvalue weighted by molar-refractivity contribution is 6.30. The molecule has 1 heterocycles. The molecule has 0 atom stereocenters. The number of hydrogen-bond acceptors (Lipinski definition) is 4.